The van der Waals surface area contributed by atoms with Gasteiger partial charge in [0, 0.05) is 37.3 Å². The predicted molar refractivity (Wildman–Crippen MR) is 132 cm³/mol. The molecule has 1 aliphatic rings. The molecule has 0 saturated carbocycles. The molecule has 1 saturated heterocycles. The number of ether oxygens (including phenoxy) is 2. The van der Waals surface area contributed by atoms with E-state index < -0.39 is 40.2 Å². The number of amides is 1. The molecule has 202 valence electrons. The molecule has 3 aromatic rings. The largest absolute Gasteiger partial charge is 0.481 e. The maximum Gasteiger partial charge on any atom is 0.410 e. The predicted octanol–water partition coefficient (Wildman–Crippen LogP) is 5.67. The van der Waals surface area contributed by atoms with E-state index in [1.807, 2.05) is 0 Å². The van der Waals surface area contributed by atoms with Gasteiger partial charge in [-0.25, -0.2) is 18.6 Å². The third-order valence-corrected chi connectivity index (χ3v) is 6.36. The zero-order chi connectivity index (χ0) is 27.6. The lowest BCUT2D eigenvalue weighted by Crippen LogP contribution is -2.47. The first-order chi connectivity index (χ1) is 17.9. The molecule has 9 nitrogen and oxygen atoms in total. The summed E-state index contributed by atoms with van der Waals surface area (Å²) in [7, 11) is 0. The van der Waals surface area contributed by atoms with Crippen LogP contribution in [0.25, 0.3) is 11.3 Å². The Morgan fingerprint density at radius 1 is 1.21 bits per heavy atom. The SMILES string of the molecule is CC(C)(C)OC(=O)N1CCC(c2ccc(OCc3cc(-c4c(F)ccc(F)c4Cl)no3)nc2)C(C(=O)O)C1. The van der Waals surface area contributed by atoms with E-state index >= 15 is 0 Å². The Labute approximate surface area is 222 Å². The summed E-state index contributed by atoms with van der Waals surface area (Å²) in [5.74, 6) is -3.26. The van der Waals surface area contributed by atoms with Crippen LogP contribution in [0.2, 0.25) is 5.02 Å². The van der Waals surface area contributed by atoms with Gasteiger partial charge in [0.05, 0.1) is 16.5 Å². The summed E-state index contributed by atoms with van der Waals surface area (Å²) in [4.78, 5) is 30.1. The van der Waals surface area contributed by atoms with Crippen molar-refractivity contribution in [2.45, 2.75) is 45.3 Å². The van der Waals surface area contributed by atoms with E-state index in [9.17, 15) is 23.5 Å². The van der Waals surface area contributed by atoms with E-state index in [0.717, 1.165) is 12.1 Å². The van der Waals surface area contributed by atoms with Gasteiger partial charge in [0.2, 0.25) is 5.88 Å². The maximum absolute atomic E-state index is 14.1. The molecule has 1 aromatic carbocycles. The van der Waals surface area contributed by atoms with Crippen LogP contribution < -0.4 is 4.74 Å². The lowest BCUT2D eigenvalue weighted by molar-refractivity contribution is -0.144. The summed E-state index contributed by atoms with van der Waals surface area (Å²) in [6.45, 7) is 5.54. The Bertz CT molecular complexity index is 1330. The number of piperidine rings is 1. The Balaban J connectivity index is 1.39. The lowest BCUT2D eigenvalue weighted by atomic mass is 9.81. The summed E-state index contributed by atoms with van der Waals surface area (Å²) in [5.41, 5.74) is -0.171. The molecule has 0 bridgehead atoms. The van der Waals surface area contributed by atoms with Crippen LogP contribution in [0.5, 0.6) is 5.88 Å². The number of rotatable bonds is 6. The molecule has 0 radical (unpaired) electrons. The van der Waals surface area contributed by atoms with Gasteiger partial charge in [0.25, 0.3) is 0 Å². The van der Waals surface area contributed by atoms with Crippen molar-refractivity contribution in [3.8, 4) is 17.1 Å². The average molecular weight is 550 g/mol. The fraction of sp³-hybridized carbons (Fsp3) is 0.385. The second kappa shape index (κ2) is 10.9. The fourth-order valence-corrected chi connectivity index (χ4v) is 4.45. The molecular formula is C26H26ClF2N3O6. The highest BCUT2D eigenvalue weighted by molar-refractivity contribution is 6.33. The first kappa shape index (κ1) is 27.3. The molecule has 0 spiro atoms. The summed E-state index contributed by atoms with van der Waals surface area (Å²) in [6, 6.07) is 6.56. The number of aromatic nitrogens is 2. The highest BCUT2D eigenvalue weighted by Gasteiger charge is 2.38. The molecule has 2 aromatic heterocycles. The number of nitrogens with zero attached hydrogens (tertiary/aromatic N) is 3. The third kappa shape index (κ3) is 6.21. The van der Waals surface area contributed by atoms with Gasteiger partial charge in [-0.2, -0.15) is 0 Å². The van der Waals surface area contributed by atoms with Crippen LogP contribution in [0.4, 0.5) is 13.6 Å². The van der Waals surface area contributed by atoms with Gasteiger partial charge < -0.3 is 24.0 Å². The smallest absolute Gasteiger partial charge is 0.410 e. The Kier molecular flexibility index (Phi) is 7.86. The van der Waals surface area contributed by atoms with Crippen molar-refractivity contribution in [1.29, 1.82) is 0 Å². The van der Waals surface area contributed by atoms with Crippen LogP contribution in [0, 0.1) is 17.6 Å². The monoisotopic (exact) mass is 549 g/mol. The number of benzene rings is 1. The van der Waals surface area contributed by atoms with E-state index in [2.05, 4.69) is 10.1 Å². The minimum absolute atomic E-state index is 0.0198. The van der Waals surface area contributed by atoms with Crippen molar-refractivity contribution in [2.24, 2.45) is 5.92 Å². The van der Waals surface area contributed by atoms with Crippen molar-refractivity contribution in [3.05, 3.63) is 64.5 Å². The number of aliphatic carboxylic acids is 1. The Morgan fingerprint density at radius 3 is 2.61 bits per heavy atom. The van der Waals surface area contributed by atoms with Gasteiger partial charge >= 0.3 is 12.1 Å². The van der Waals surface area contributed by atoms with Crippen LogP contribution in [0.15, 0.2) is 41.1 Å². The highest BCUT2D eigenvalue weighted by atomic mass is 35.5. The van der Waals surface area contributed by atoms with Gasteiger partial charge in [0.15, 0.2) is 12.4 Å². The summed E-state index contributed by atoms with van der Waals surface area (Å²) in [5, 5.41) is 13.1. The van der Waals surface area contributed by atoms with Gasteiger partial charge in [-0.15, -0.1) is 0 Å². The Hall–Kier alpha value is -3.73. The van der Waals surface area contributed by atoms with Crippen molar-refractivity contribution in [1.82, 2.24) is 15.0 Å². The molecule has 2 atom stereocenters. The Morgan fingerprint density at radius 2 is 1.95 bits per heavy atom. The molecule has 12 heteroatoms. The number of hydrogen-bond donors (Lipinski definition) is 1. The average Bonchev–Trinajstić information content (AvgIpc) is 3.32. The molecule has 1 aliphatic heterocycles. The lowest BCUT2D eigenvalue weighted by Gasteiger charge is -2.37. The molecule has 1 amide bonds. The standard InChI is InChI=1S/C26H26ClF2N3O6/c1-26(2,3)37-25(35)32-9-8-16(17(12-32)24(33)34)14-4-7-21(30-11-14)36-13-15-10-20(31-38-15)22-18(28)5-6-19(29)23(22)27/h4-7,10-11,16-17H,8-9,12-13H2,1-3H3,(H,33,34). The maximum atomic E-state index is 14.1. The van der Waals surface area contributed by atoms with Gasteiger partial charge in [0.1, 0.15) is 22.9 Å². The van der Waals surface area contributed by atoms with Crippen molar-refractivity contribution in [3.63, 3.8) is 0 Å². The van der Waals surface area contributed by atoms with E-state index in [1.165, 1.54) is 17.2 Å². The molecule has 2 unspecified atom stereocenters. The van der Waals surface area contributed by atoms with Crippen molar-refractivity contribution < 1.29 is 37.5 Å². The summed E-state index contributed by atoms with van der Waals surface area (Å²) in [6.07, 6.45) is 1.42. The van der Waals surface area contributed by atoms with Gasteiger partial charge in [-0.1, -0.05) is 22.8 Å². The number of carbonyl (C=O) groups is 2. The molecule has 3 heterocycles. The number of pyridine rings is 1. The molecule has 4 rings (SSSR count). The summed E-state index contributed by atoms with van der Waals surface area (Å²) < 4.78 is 44.0. The zero-order valence-corrected chi connectivity index (χ0v) is 21.7. The first-order valence-corrected chi connectivity index (χ1v) is 12.2. The molecule has 1 fully saturated rings. The van der Waals surface area contributed by atoms with E-state index in [0.29, 0.717) is 18.5 Å². The van der Waals surface area contributed by atoms with Crippen LogP contribution in [-0.4, -0.2) is 50.9 Å². The summed E-state index contributed by atoms with van der Waals surface area (Å²) >= 11 is 5.87. The zero-order valence-electron chi connectivity index (χ0n) is 20.9. The number of hydrogen-bond acceptors (Lipinski definition) is 7. The van der Waals surface area contributed by atoms with Crippen molar-refractivity contribution >= 4 is 23.7 Å². The fourth-order valence-electron chi connectivity index (χ4n) is 4.20. The number of carbonyl (C=O) groups excluding carboxylic acids is 1. The van der Waals surface area contributed by atoms with Crippen LogP contribution >= 0.6 is 11.6 Å². The molecule has 0 aliphatic carbocycles. The minimum atomic E-state index is -1.01. The van der Waals surface area contributed by atoms with Gasteiger partial charge in [-0.05, 0) is 44.9 Å². The van der Waals surface area contributed by atoms with Crippen LogP contribution in [0.1, 0.15) is 44.4 Å². The highest BCUT2D eigenvalue weighted by Crippen LogP contribution is 2.35. The quantitative estimate of drug-likeness (QED) is 0.391. The number of carboxylic acids is 1. The molecule has 1 N–H and O–H groups in total. The van der Waals surface area contributed by atoms with Gasteiger partial charge in [-0.3, -0.25) is 4.79 Å². The second-order valence-electron chi connectivity index (χ2n) is 9.88. The number of carboxylic acid groups (broad SMARTS) is 1. The third-order valence-electron chi connectivity index (χ3n) is 5.99. The van der Waals surface area contributed by atoms with E-state index in [1.54, 1.807) is 32.9 Å². The first-order valence-electron chi connectivity index (χ1n) is 11.8. The molecule has 38 heavy (non-hydrogen) atoms. The normalized spacial score (nSPS) is 17.8. The van der Waals surface area contributed by atoms with E-state index in [4.69, 9.17) is 25.6 Å². The van der Waals surface area contributed by atoms with Crippen LogP contribution in [-0.2, 0) is 16.1 Å². The van der Waals surface area contributed by atoms with Crippen molar-refractivity contribution in [2.75, 3.05) is 13.1 Å². The molecular weight excluding hydrogens is 524 g/mol. The number of likely N-dealkylation sites (tertiary alicyclic amines) is 1. The van der Waals surface area contributed by atoms with E-state index in [-0.39, 0.29) is 42.0 Å². The number of halogens is 3. The van der Waals surface area contributed by atoms with Crippen LogP contribution in [0.3, 0.4) is 0 Å². The topological polar surface area (TPSA) is 115 Å². The second-order valence-corrected chi connectivity index (χ2v) is 10.3. The minimum Gasteiger partial charge on any atom is -0.481 e.